The van der Waals surface area contributed by atoms with Gasteiger partial charge in [0, 0.05) is 6.07 Å². The Morgan fingerprint density at radius 2 is 2.27 bits per heavy atom. The van der Waals surface area contributed by atoms with Gasteiger partial charge < -0.3 is 15.2 Å². The van der Waals surface area contributed by atoms with Crippen molar-refractivity contribution >= 4 is 5.69 Å². The molecular formula is C9H12N2O4. The Bertz CT molecular complexity index is 343. The van der Waals surface area contributed by atoms with Gasteiger partial charge in [-0.15, -0.1) is 0 Å². The van der Waals surface area contributed by atoms with Crippen LogP contribution >= 0.6 is 0 Å². The summed E-state index contributed by atoms with van der Waals surface area (Å²) in [7, 11) is 1.64. The molecule has 0 saturated heterocycles. The molecule has 1 unspecified atom stereocenters. The zero-order valence-corrected chi connectivity index (χ0v) is 8.21. The van der Waals surface area contributed by atoms with Gasteiger partial charge in [-0.2, -0.15) is 0 Å². The summed E-state index contributed by atoms with van der Waals surface area (Å²) in [5.41, 5.74) is -0.160. The third kappa shape index (κ3) is 3.19. The number of nitrogens with one attached hydrogen (secondary N) is 1. The highest BCUT2D eigenvalue weighted by Crippen LogP contribution is 2.26. The Balaban J connectivity index is 2.79. The molecule has 15 heavy (non-hydrogen) atoms. The van der Waals surface area contributed by atoms with Gasteiger partial charge in [0.05, 0.1) is 11.5 Å². The van der Waals surface area contributed by atoms with Crippen LogP contribution in [0, 0.1) is 10.1 Å². The number of hydrogen-bond donors (Lipinski definition) is 2. The Morgan fingerprint density at radius 1 is 1.60 bits per heavy atom. The maximum absolute atomic E-state index is 10.6. The van der Waals surface area contributed by atoms with E-state index in [9.17, 15) is 15.2 Å². The average molecular weight is 212 g/mol. The molecule has 0 aromatic heterocycles. The van der Waals surface area contributed by atoms with E-state index in [4.69, 9.17) is 4.74 Å². The van der Waals surface area contributed by atoms with Crippen molar-refractivity contribution in [2.45, 2.75) is 6.29 Å². The largest absolute Gasteiger partial charge is 0.457 e. The molecule has 0 heterocycles. The monoisotopic (exact) mass is 212 g/mol. The number of likely N-dealkylation sites (N-methyl/N-ethyl adjacent to an activating group) is 1. The lowest BCUT2D eigenvalue weighted by Gasteiger charge is -2.12. The molecular weight excluding hydrogens is 200 g/mol. The third-order valence-electron chi connectivity index (χ3n) is 1.70. The Hall–Kier alpha value is -1.66. The predicted octanol–water partition coefficient (Wildman–Crippen LogP) is 0.511. The van der Waals surface area contributed by atoms with Crippen LogP contribution in [0.4, 0.5) is 5.69 Å². The number of hydrogen-bond acceptors (Lipinski definition) is 5. The number of para-hydroxylation sites is 2. The van der Waals surface area contributed by atoms with E-state index in [2.05, 4.69) is 5.32 Å². The van der Waals surface area contributed by atoms with E-state index in [1.165, 1.54) is 18.2 Å². The molecule has 82 valence electrons. The molecule has 1 rings (SSSR count). The van der Waals surface area contributed by atoms with Gasteiger partial charge in [-0.25, -0.2) is 0 Å². The molecule has 0 bridgehead atoms. The molecule has 1 atom stereocenters. The van der Waals surface area contributed by atoms with Gasteiger partial charge in [0.15, 0.2) is 5.75 Å². The summed E-state index contributed by atoms with van der Waals surface area (Å²) in [5.74, 6) is 0.0604. The highest BCUT2D eigenvalue weighted by Gasteiger charge is 2.16. The molecule has 0 amide bonds. The van der Waals surface area contributed by atoms with Crippen molar-refractivity contribution in [1.82, 2.24) is 5.32 Å². The Labute approximate surface area is 86.6 Å². The summed E-state index contributed by atoms with van der Waals surface area (Å²) < 4.78 is 5.00. The van der Waals surface area contributed by atoms with Crippen molar-refractivity contribution in [3.05, 3.63) is 34.4 Å². The molecule has 0 aliphatic carbocycles. The summed E-state index contributed by atoms with van der Waals surface area (Å²) in [6.45, 7) is 0.200. The first-order valence-corrected chi connectivity index (χ1v) is 4.38. The molecule has 6 heteroatoms. The third-order valence-corrected chi connectivity index (χ3v) is 1.70. The first kappa shape index (κ1) is 11.4. The van der Waals surface area contributed by atoms with Gasteiger partial charge in [-0.05, 0) is 13.1 Å². The zero-order valence-electron chi connectivity index (χ0n) is 8.21. The van der Waals surface area contributed by atoms with Crippen molar-refractivity contribution < 1.29 is 14.8 Å². The number of aliphatic hydroxyl groups excluding tert-OH is 1. The smallest absolute Gasteiger partial charge is 0.311 e. The van der Waals surface area contributed by atoms with Gasteiger partial charge in [0.2, 0.25) is 6.29 Å². The van der Waals surface area contributed by atoms with Crippen molar-refractivity contribution in [3.8, 4) is 5.75 Å². The first-order valence-electron chi connectivity index (χ1n) is 4.38. The normalized spacial score (nSPS) is 12.1. The second kappa shape index (κ2) is 5.28. The maximum atomic E-state index is 10.6. The lowest BCUT2D eigenvalue weighted by molar-refractivity contribution is -0.386. The quantitative estimate of drug-likeness (QED) is 0.422. The fourth-order valence-corrected chi connectivity index (χ4v) is 1.07. The van der Waals surface area contributed by atoms with E-state index >= 15 is 0 Å². The molecule has 0 aliphatic rings. The summed E-state index contributed by atoms with van der Waals surface area (Å²) in [6.07, 6.45) is -1.10. The number of nitrogens with zero attached hydrogens (tertiary/aromatic N) is 1. The van der Waals surface area contributed by atoms with E-state index in [1.807, 2.05) is 0 Å². The van der Waals surface area contributed by atoms with E-state index in [1.54, 1.807) is 13.1 Å². The highest BCUT2D eigenvalue weighted by molar-refractivity contribution is 5.45. The number of ether oxygens (including phenoxy) is 1. The number of aliphatic hydroxyl groups is 1. The lowest BCUT2D eigenvalue weighted by atomic mass is 10.3. The average Bonchev–Trinajstić information content (AvgIpc) is 2.18. The zero-order chi connectivity index (χ0) is 11.3. The second-order valence-corrected chi connectivity index (χ2v) is 2.86. The topological polar surface area (TPSA) is 84.6 Å². The van der Waals surface area contributed by atoms with Gasteiger partial charge in [-0.1, -0.05) is 12.1 Å². The molecule has 0 saturated carbocycles. The lowest BCUT2D eigenvalue weighted by Crippen LogP contribution is -2.28. The Kier molecular flexibility index (Phi) is 4.02. The maximum Gasteiger partial charge on any atom is 0.311 e. The number of nitro benzene ring substituents is 1. The van der Waals surface area contributed by atoms with Crippen LogP contribution in [0.2, 0.25) is 0 Å². The van der Waals surface area contributed by atoms with Crippen LogP contribution in [0.15, 0.2) is 24.3 Å². The fraction of sp³-hybridized carbons (Fsp3) is 0.333. The van der Waals surface area contributed by atoms with Crippen LogP contribution in [-0.4, -0.2) is 29.9 Å². The summed E-state index contributed by atoms with van der Waals surface area (Å²) in [5, 5.41) is 22.6. The van der Waals surface area contributed by atoms with Crippen molar-refractivity contribution in [1.29, 1.82) is 0 Å². The van der Waals surface area contributed by atoms with E-state index < -0.39 is 11.2 Å². The van der Waals surface area contributed by atoms with Gasteiger partial charge in [0.25, 0.3) is 0 Å². The molecule has 0 aliphatic heterocycles. The van der Waals surface area contributed by atoms with Crippen LogP contribution in [0.3, 0.4) is 0 Å². The fourth-order valence-electron chi connectivity index (χ4n) is 1.07. The van der Waals surface area contributed by atoms with Crippen LogP contribution in [-0.2, 0) is 0 Å². The number of benzene rings is 1. The summed E-state index contributed by atoms with van der Waals surface area (Å²) in [4.78, 5) is 10.0. The minimum absolute atomic E-state index is 0.0604. The van der Waals surface area contributed by atoms with E-state index in [0.29, 0.717) is 0 Å². The molecule has 1 aromatic rings. The van der Waals surface area contributed by atoms with Crippen LogP contribution in [0.5, 0.6) is 5.75 Å². The molecule has 0 fully saturated rings. The van der Waals surface area contributed by atoms with Crippen LogP contribution in [0.25, 0.3) is 0 Å². The van der Waals surface area contributed by atoms with Crippen LogP contribution < -0.4 is 10.1 Å². The first-order chi connectivity index (χ1) is 7.15. The van der Waals surface area contributed by atoms with Crippen molar-refractivity contribution in [2.24, 2.45) is 0 Å². The van der Waals surface area contributed by atoms with E-state index in [0.717, 1.165) is 0 Å². The van der Waals surface area contributed by atoms with Crippen molar-refractivity contribution in [2.75, 3.05) is 13.6 Å². The summed E-state index contributed by atoms with van der Waals surface area (Å²) in [6, 6.07) is 5.91. The van der Waals surface area contributed by atoms with Crippen molar-refractivity contribution in [3.63, 3.8) is 0 Å². The molecule has 2 N–H and O–H groups in total. The second-order valence-electron chi connectivity index (χ2n) is 2.86. The number of nitro groups is 1. The van der Waals surface area contributed by atoms with E-state index in [-0.39, 0.29) is 18.0 Å². The number of rotatable bonds is 5. The molecule has 1 aromatic carbocycles. The summed E-state index contributed by atoms with van der Waals surface area (Å²) >= 11 is 0. The van der Waals surface area contributed by atoms with Gasteiger partial charge >= 0.3 is 5.69 Å². The standard InChI is InChI=1S/C9H12N2O4/c1-10-6-9(12)15-8-5-3-2-4-7(8)11(13)14/h2-5,9-10,12H,6H2,1H3. The SMILES string of the molecule is CNCC(O)Oc1ccccc1[N+](=O)[O-]. The molecule has 6 nitrogen and oxygen atoms in total. The van der Waals surface area contributed by atoms with Crippen LogP contribution in [0.1, 0.15) is 0 Å². The minimum atomic E-state index is -1.10. The molecule has 0 spiro atoms. The molecule has 0 radical (unpaired) electrons. The highest BCUT2D eigenvalue weighted by atomic mass is 16.6. The van der Waals surface area contributed by atoms with Gasteiger partial charge in [0.1, 0.15) is 0 Å². The Morgan fingerprint density at radius 3 is 2.87 bits per heavy atom. The predicted molar refractivity (Wildman–Crippen MR) is 53.7 cm³/mol. The minimum Gasteiger partial charge on any atom is -0.457 e. The van der Waals surface area contributed by atoms with Gasteiger partial charge in [-0.3, -0.25) is 10.1 Å².